The highest BCUT2D eigenvalue weighted by Crippen LogP contribution is 2.30. The second kappa shape index (κ2) is 5.40. The Labute approximate surface area is 71.7 Å². The molecule has 0 aliphatic heterocycles. The van der Waals surface area contributed by atoms with E-state index in [9.17, 15) is 0 Å². The lowest BCUT2D eigenvalue weighted by atomic mass is 9.81. The fraction of sp³-hybridized carbons (Fsp3) is 0.818. The standard InChI is InChI=1S/C11H22/c1-5-8-11(4,9-6-2)10-7-3/h5,8H,6-7,9-10H2,1-4H3/b8-5+. The fourth-order valence-electron chi connectivity index (χ4n) is 1.84. The average Bonchev–Trinajstić information content (AvgIpc) is 1.88. The Bertz CT molecular complexity index is 105. The molecule has 0 saturated carbocycles. The molecule has 0 spiro atoms. The topological polar surface area (TPSA) is 0 Å². The van der Waals surface area contributed by atoms with Gasteiger partial charge in [0.1, 0.15) is 0 Å². The van der Waals surface area contributed by atoms with Gasteiger partial charge in [-0.25, -0.2) is 0 Å². The van der Waals surface area contributed by atoms with Gasteiger partial charge in [0.25, 0.3) is 0 Å². The first-order chi connectivity index (χ1) is 5.18. The van der Waals surface area contributed by atoms with E-state index >= 15 is 0 Å². The molecule has 0 aliphatic rings. The lowest BCUT2D eigenvalue weighted by Gasteiger charge is -2.24. The summed E-state index contributed by atoms with van der Waals surface area (Å²) in [5.41, 5.74) is 0.470. The molecule has 0 unspecified atom stereocenters. The Morgan fingerprint density at radius 2 is 1.55 bits per heavy atom. The Morgan fingerprint density at radius 3 is 1.82 bits per heavy atom. The zero-order valence-corrected chi connectivity index (χ0v) is 8.48. The average molecular weight is 154 g/mol. The van der Waals surface area contributed by atoms with Crippen molar-refractivity contribution in [3.05, 3.63) is 12.2 Å². The molecule has 0 aliphatic carbocycles. The molecule has 66 valence electrons. The second-order valence-electron chi connectivity index (χ2n) is 3.65. The van der Waals surface area contributed by atoms with Crippen molar-refractivity contribution in [2.75, 3.05) is 0 Å². The predicted octanol–water partition coefficient (Wildman–Crippen LogP) is 4.17. The maximum absolute atomic E-state index is 2.36. The minimum Gasteiger partial charge on any atom is -0.0911 e. The third-order valence-electron chi connectivity index (χ3n) is 2.21. The van der Waals surface area contributed by atoms with E-state index in [4.69, 9.17) is 0 Å². The van der Waals surface area contributed by atoms with Crippen LogP contribution in [0.25, 0.3) is 0 Å². The van der Waals surface area contributed by atoms with Crippen molar-refractivity contribution in [1.29, 1.82) is 0 Å². The quantitative estimate of drug-likeness (QED) is 0.521. The fourth-order valence-corrected chi connectivity index (χ4v) is 1.84. The van der Waals surface area contributed by atoms with Crippen molar-refractivity contribution in [3.8, 4) is 0 Å². The summed E-state index contributed by atoms with van der Waals surface area (Å²) in [7, 11) is 0. The smallest absolute Gasteiger partial charge is 0.0147 e. The minimum atomic E-state index is 0.470. The van der Waals surface area contributed by atoms with Gasteiger partial charge in [-0.15, -0.1) is 0 Å². The molecule has 11 heavy (non-hydrogen) atoms. The molecule has 0 aromatic carbocycles. The van der Waals surface area contributed by atoms with E-state index in [1.807, 2.05) is 0 Å². The molecule has 0 heterocycles. The molecule has 0 heteroatoms. The largest absolute Gasteiger partial charge is 0.0911 e. The molecule has 0 fully saturated rings. The first kappa shape index (κ1) is 10.7. The summed E-state index contributed by atoms with van der Waals surface area (Å²) >= 11 is 0. The van der Waals surface area contributed by atoms with Gasteiger partial charge in [-0.3, -0.25) is 0 Å². The van der Waals surface area contributed by atoms with Crippen LogP contribution in [0.5, 0.6) is 0 Å². The van der Waals surface area contributed by atoms with Crippen LogP contribution in [0.2, 0.25) is 0 Å². The third kappa shape index (κ3) is 4.23. The van der Waals surface area contributed by atoms with Crippen LogP contribution < -0.4 is 0 Å². The number of hydrogen-bond acceptors (Lipinski definition) is 0. The molecule has 0 bridgehead atoms. The number of rotatable bonds is 5. The SMILES string of the molecule is C/C=C/C(C)(CCC)CCC. The highest BCUT2D eigenvalue weighted by molar-refractivity contribution is 4.95. The van der Waals surface area contributed by atoms with Crippen molar-refractivity contribution >= 4 is 0 Å². The van der Waals surface area contributed by atoms with Gasteiger partial charge in [0.05, 0.1) is 0 Å². The summed E-state index contributed by atoms with van der Waals surface area (Å²) in [5, 5.41) is 0. The molecule has 0 nitrogen and oxygen atoms in total. The lowest BCUT2D eigenvalue weighted by Crippen LogP contribution is -2.11. The van der Waals surface area contributed by atoms with E-state index < -0.39 is 0 Å². The van der Waals surface area contributed by atoms with E-state index in [1.165, 1.54) is 25.7 Å². The van der Waals surface area contributed by atoms with Crippen molar-refractivity contribution in [3.63, 3.8) is 0 Å². The van der Waals surface area contributed by atoms with E-state index in [2.05, 4.69) is 39.8 Å². The van der Waals surface area contributed by atoms with Crippen LogP contribution in [-0.4, -0.2) is 0 Å². The van der Waals surface area contributed by atoms with Gasteiger partial charge in [-0.1, -0.05) is 45.8 Å². The monoisotopic (exact) mass is 154 g/mol. The highest BCUT2D eigenvalue weighted by atomic mass is 14.2. The third-order valence-corrected chi connectivity index (χ3v) is 2.21. The molecule has 0 aromatic heterocycles. The van der Waals surface area contributed by atoms with Gasteiger partial charge in [0, 0.05) is 0 Å². The van der Waals surface area contributed by atoms with Crippen molar-refractivity contribution in [1.82, 2.24) is 0 Å². The summed E-state index contributed by atoms with van der Waals surface area (Å²) in [6.45, 7) is 9.00. The number of hydrogen-bond donors (Lipinski definition) is 0. The summed E-state index contributed by atoms with van der Waals surface area (Å²) in [4.78, 5) is 0. The van der Waals surface area contributed by atoms with E-state index in [1.54, 1.807) is 0 Å². The number of allylic oxidation sites excluding steroid dienone is 2. The maximum Gasteiger partial charge on any atom is -0.0147 e. The first-order valence-electron chi connectivity index (χ1n) is 4.82. The molecule has 0 radical (unpaired) electrons. The molecule has 0 saturated heterocycles. The Balaban J connectivity index is 4.01. The van der Waals surface area contributed by atoms with Crippen molar-refractivity contribution in [2.45, 2.75) is 53.4 Å². The predicted molar refractivity (Wildman–Crippen MR) is 52.7 cm³/mol. The molecule has 0 rings (SSSR count). The lowest BCUT2D eigenvalue weighted by molar-refractivity contribution is 0.352. The summed E-state index contributed by atoms with van der Waals surface area (Å²) in [6, 6.07) is 0. The van der Waals surface area contributed by atoms with Crippen LogP contribution in [-0.2, 0) is 0 Å². The highest BCUT2D eigenvalue weighted by Gasteiger charge is 2.17. The van der Waals surface area contributed by atoms with Gasteiger partial charge in [-0.05, 0) is 25.2 Å². The van der Waals surface area contributed by atoms with Gasteiger partial charge in [0.15, 0.2) is 0 Å². The Morgan fingerprint density at radius 1 is 1.09 bits per heavy atom. The zero-order valence-electron chi connectivity index (χ0n) is 8.48. The Kier molecular flexibility index (Phi) is 5.27. The molecule has 0 aromatic rings. The zero-order chi connectivity index (χ0) is 8.74. The van der Waals surface area contributed by atoms with Crippen LogP contribution in [0.1, 0.15) is 53.4 Å². The second-order valence-corrected chi connectivity index (χ2v) is 3.65. The van der Waals surface area contributed by atoms with Gasteiger partial charge in [-0.2, -0.15) is 0 Å². The maximum atomic E-state index is 2.36. The summed E-state index contributed by atoms with van der Waals surface area (Å²) < 4.78 is 0. The van der Waals surface area contributed by atoms with Crippen LogP contribution in [0.15, 0.2) is 12.2 Å². The van der Waals surface area contributed by atoms with Crippen molar-refractivity contribution < 1.29 is 0 Å². The van der Waals surface area contributed by atoms with E-state index in [-0.39, 0.29) is 0 Å². The van der Waals surface area contributed by atoms with Crippen LogP contribution in [0.4, 0.5) is 0 Å². The molecular weight excluding hydrogens is 132 g/mol. The molecule has 0 amide bonds. The van der Waals surface area contributed by atoms with Crippen molar-refractivity contribution in [2.24, 2.45) is 5.41 Å². The van der Waals surface area contributed by atoms with Crippen LogP contribution >= 0.6 is 0 Å². The Hall–Kier alpha value is -0.260. The summed E-state index contributed by atoms with van der Waals surface area (Å²) in [6.07, 6.45) is 9.78. The summed E-state index contributed by atoms with van der Waals surface area (Å²) in [5.74, 6) is 0. The first-order valence-corrected chi connectivity index (χ1v) is 4.82. The molecular formula is C11H22. The minimum absolute atomic E-state index is 0.470. The normalized spacial score (nSPS) is 12.7. The van der Waals surface area contributed by atoms with Crippen LogP contribution in [0, 0.1) is 5.41 Å². The molecule has 0 N–H and O–H groups in total. The van der Waals surface area contributed by atoms with Gasteiger partial charge >= 0.3 is 0 Å². The molecule has 0 atom stereocenters. The van der Waals surface area contributed by atoms with E-state index in [0.29, 0.717) is 5.41 Å². The van der Waals surface area contributed by atoms with Crippen LogP contribution in [0.3, 0.4) is 0 Å². The van der Waals surface area contributed by atoms with Gasteiger partial charge in [0.2, 0.25) is 0 Å². The van der Waals surface area contributed by atoms with Gasteiger partial charge < -0.3 is 0 Å². The van der Waals surface area contributed by atoms with E-state index in [0.717, 1.165) is 0 Å².